The van der Waals surface area contributed by atoms with Crippen LogP contribution in [0.2, 0.25) is 0 Å². The van der Waals surface area contributed by atoms with Gasteiger partial charge in [-0.3, -0.25) is 19.3 Å². The lowest BCUT2D eigenvalue weighted by Crippen LogP contribution is -2.28. The number of hydrogen-bond donors (Lipinski definition) is 1. The second-order valence-electron chi connectivity index (χ2n) is 8.05. The van der Waals surface area contributed by atoms with Gasteiger partial charge in [0.25, 0.3) is 11.1 Å². The first-order valence-corrected chi connectivity index (χ1v) is 11.8. The van der Waals surface area contributed by atoms with Crippen molar-refractivity contribution < 1.29 is 23.9 Å². The smallest absolute Gasteiger partial charge is 0.293 e. The Labute approximate surface area is 200 Å². The summed E-state index contributed by atoms with van der Waals surface area (Å²) >= 11 is 0.956. The molecule has 0 atom stereocenters. The Kier molecular flexibility index (Phi) is 5.79. The minimum atomic E-state index is -0.270. The molecule has 174 valence electrons. The number of thioether (sulfide) groups is 1. The van der Waals surface area contributed by atoms with Gasteiger partial charge in [-0.2, -0.15) is 0 Å². The fourth-order valence-corrected chi connectivity index (χ4v) is 5.06. The van der Waals surface area contributed by atoms with Gasteiger partial charge in [0.1, 0.15) is 6.54 Å². The van der Waals surface area contributed by atoms with Crippen LogP contribution in [0.3, 0.4) is 0 Å². The second-order valence-corrected chi connectivity index (χ2v) is 9.05. The molecule has 5 rings (SSSR count). The van der Waals surface area contributed by atoms with Crippen LogP contribution in [0.15, 0.2) is 47.4 Å². The van der Waals surface area contributed by atoms with E-state index in [0.29, 0.717) is 35.1 Å². The quantitative estimate of drug-likeness (QED) is 0.515. The summed E-state index contributed by atoms with van der Waals surface area (Å²) in [5, 5.41) is 3.57. The van der Waals surface area contributed by atoms with Gasteiger partial charge in [0.2, 0.25) is 12.7 Å². The highest BCUT2D eigenvalue weighted by atomic mass is 32.2. The second kappa shape index (κ2) is 8.90. The molecule has 34 heavy (non-hydrogen) atoms. The van der Waals surface area contributed by atoms with Crippen LogP contribution in [-0.2, 0) is 16.1 Å². The van der Waals surface area contributed by atoms with Crippen molar-refractivity contribution in [3.05, 3.63) is 58.6 Å². The van der Waals surface area contributed by atoms with Crippen molar-refractivity contribution >= 4 is 51.5 Å². The van der Waals surface area contributed by atoms with Gasteiger partial charge >= 0.3 is 0 Å². The van der Waals surface area contributed by atoms with Crippen LogP contribution in [-0.4, -0.2) is 39.9 Å². The molecule has 2 aromatic carbocycles. The lowest BCUT2D eigenvalue weighted by atomic mass is 10.1. The maximum Gasteiger partial charge on any atom is 0.293 e. The third-order valence-electron chi connectivity index (χ3n) is 5.83. The third-order valence-corrected chi connectivity index (χ3v) is 6.74. The molecule has 1 aromatic heterocycles. The monoisotopic (exact) mass is 477 g/mol. The summed E-state index contributed by atoms with van der Waals surface area (Å²) in [6, 6.07) is 13.0. The Morgan fingerprint density at radius 2 is 1.94 bits per heavy atom. The standard InChI is InChI=1S/C25H23N3O5S/c1-3-10-27-24(30)22(34-25(27)31)12-18-15(2)28(19-7-5-4-6-17(18)19)13-23(29)26-16-8-9-20-21(11-16)33-14-32-20/h4-9,11-12H,3,10,13-14H2,1-2H3,(H,26,29)/b22-12-. The number of ether oxygens (including phenoxy) is 2. The number of benzene rings is 2. The zero-order valence-electron chi connectivity index (χ0n) is 18.8. The molecular weight excluding hydrogens is 454 g/mol. The lowest BCUT2D eigenvalue weighted by Gasteiger charge is -2.10. The number of imide groups is 1. The summed E-state index contributed by atoms with van der Waals surface area (Å²) in [5.41, 5.74) is 3.16. The molecular formula is C25H23N3O5S. The van der Waals surface area contributed by atoms with E-state index >= 15 is 0 Å². The molecule has 3 amide bonds. The first-order valence-electron chi connectivity index (χ1n) is 11.0. The SMILES string of the molecule is CCCN1C(=O)S/C(=C\c2c(C)n(CC(=O)Nc3ccc4c(c3)OCO4)c3ccccc23)C1=O. The number of carbonyl (C=O) groups excluding carboxylic acids is 3. The van der Waals surface area contributed by atoms with Crippen molar-refractivity contribution in [1.29, 1.82) is 0 Å². The normalized spacial score (nSPS) is 16.2. The fourth-order valence-electron chi connectivity index (χ4n) is 4.21. The molecule has 0 bridgehead atoms. The van der Waals surface area contributed by atoms with Crippen molar-refractivity contribution in [3.8, 4) is 11.5 Å². The fraction of sp³-hybridized carbons (Fsp3) is 0.240. The summed E-state index contributed by atoms with van der Waals surface area (Å²) in [4.78, 5) is 39.6. The minimum Gasteiger partial charge on any atom is -0.454 e. The van der Waals surface area contributed by atoms with Crippen LogP contribution in [0, 0.1) is 6.92 Å². The average molecular weight is 478 g/mol. The molecule has 2 aliphatic rings. The van der Waals surface area contributed by atoms with Gasteiger partial charge in [-0.15, -0.1) is 0 Å². The third kappa shape index (κ3) is 3.92. The number of fused-ring (bicyclic) bond motifs is 2. The largest absolute Gasteiger partial charge is 0.454 e. The molecule has 1 fully saturated rings. The minimum absolute atomic E-state index is 0.0892. The molecule has 0 saturated carbocycles. The van der Waals surface area contributed by atoms with Gasteiger partial charge in [0, 0.05) is 40.5 Å². The van der Waals surface area contributed by atoms with Gasteiger partial charge < -0.3 is 19.4 Å². The van der Waals surface area contributed by atoms with Gasteiger partial charge in [0.15, 0.2) is 11.5 Å². The Morgan fingerprint density at radius 3 is 2.76 bits per heavy atom. The maximum absolute atomic E-state index is 12.9. The van der Waals surface area contributed by atoms with Crippen molar-refractivity contribution in [2.24, 2.45) is 0 Å². The number of aromatic nitrogens is 1. The number of carbonyl (C=O) groups is 3. The van der Waals surface area contributed by atoms with Gasteiger partial charge in [-0.05, 0) is 49.4 Å². The van der Waals surface area contributed by atoms with Crippen LogP contribution >= 0.6 is 11.8 Å². The predicted octanol–water partition coefficient (Wildman–Crippen LogP) is 4.76. The summed E-state index contributed by atoms with van der Waals surface area (Å²) in [6.07, 6.45) is 2.48. The van der Waals surface area contributed by atoms with E-state index in [1.807, 2.05) is 42.7 Å². The number of anilines is 1. The molecule has 0 radical (unpaired) electrons. The Bertz CT molecular complexity index is 1360. The Hall–Kier alpha value is -3.72. The number of rotatable bonds is 6. The first-order chi connectivity index (χ1) is 16.5. The number of nitrogens with one attached hydrogen (secondary N) is 1. The van der Waals surface area contributed by atoms with E-state index in [0.717, 1.165) is 33.9 Å². The van der Waals surface area contributed by atoms with E-state index in [9.17, 15) is 14.4 Å². The summed E-state index contributed by atoms with van der Waals surface area (Å²) in [5.74, 6) is 0.782. The van der Waals surface area contributed by atoms with Crippen LogP contribution in [0.25, 0.3) is 17.0 Å². The predicted molar refractivity (Wildman–Crippen MR) is 131 cm³/mol. The zero-order chi connectivity index (χ0) is 23.8. The highest BCUT2D eigenvalue weighted by Crippen LogP contribution is 2.36. The van der Waals surface area contributed by atoms with Crippen LogP contribution in [0.1, 0.15) is 24.6 Å². The first kappa shape index (κ1) is 22.1. The van der Waals surface area contributed by atoms with E-state index in [1.54, 1.807) is 24.3 Å². The number of nitrogens with zero attached hydrogens (tertiary/aromatic N) is 2. The van der Waals surface area contributed by atoms with Crippen molar-refractivity contribution in [1.82, 2.24) is 9.47 Å². The Morgan fingerprint density at radius 1 is 1.15 bits per heavy atom. The maximum atomic E-state index is 12.9. The molecule has 1 saturated heterocycles. The van der Waals surface area contributed by atoms with E-state index in [4.69, 9.17) is 9.47 Å². The van der Waals surface area contributed by atoms with Gasteiger partial charge in [0.05, 0.1) is 4.91 Å². The average Bonchev–Trinajstić information content (AvgIpc) is 3.47. The summed E-state index contributed by atoms with van der Waals surface area (Å²) in [7, 11) is 0. The number of para-hydroxylation sites is 1. The lowest BCUT2D eigenvalue weighted by molar-refractivity contribution is -0.122. The number of hydrogen-bond acceptors (Lipinski definition) is 6. The molecule has 1 N–H and O–H groups in total. The van der Waals surface area contributed by atoms with E-state index < -0.39 is 0 Å². The van der Waals surface area contributed by atoms with E-state index in [-0.39, 0.29) is 30.4 Å². The van der Waals surface area contributed by atoms with Crippen molar-refractivity contribution in [3.63, 3.8) is 0 Å². The molecule has 8 nitrogen and oxygen atoms in total. The summed E-state index contributed by atoms with van der Waals surface area (Å²) < 4.78 is 12.6. The molecule has 3 aromatic rings. The summed E-state index contributed by atoms with van der Waals surface area (Å²) in [6.45, 7) is 4.51. The number of amides is 3. The topological polar surface area (TPSA) is 89.9 Å². The van der Waals surface area contributed by atoms with Crippen molar-refractivity contribution in [2.45, 2.75) is 26.8 Å². The van der Waals surface area contributed by atoms with Crippen LogP contribution in [0.5, 0.6) is 11.5 Å². The zero-order valence-corrected chi connectivity index (χ0v) is 19.6. The molecule has 9 heteroatoms. The molecule has 0 unspecified atom stereocenters. The van der Waals surface area contributed by atoms with Crippen LogP contribution < -0.4 is 14.8 Å². The molecule has 0 spiro atoms. The molecule has 2 aliphatic heterocycles. The highest BCUT2D eigenvalue weighted by Gasteiger charge is 2.34. The van der Waals surface area contributed by atoms with Crippen molar-refractivity contribution in [2.75, 3.05) is 18.7 Å². The van der Waals surface area contributed by atoms with E-state index in [2.05, 4.69) is 5.32 Å². The van der Waals surface area contributed by atoms with Gasteiger partial charge in [-0.25, -0.2) is 0 Å². The molecule has 0 aliphatic carbocycles. The van der Waals surface area contributed by atoms with Crippen LogP contribution in [0.4, 0.5) is 10.5 Å². The van der Waals surface area contributed by atoms with Gasteiger partial charge in [-0.1, -0.05) is 25.1 Å². The highest BCUT2D eigenvalue weighted by molar-refractivity contribution is 8.18. The molecule has 3 heterocycles. The Balaban J connectivity index is 1.44. The van der Waals surface area contributed by atoms with E-state index in [1.165, 1.54) is 4.90 Å².